The number of carbonyl (C=O) groups excluding carboxylic acids is 2. The number of hydrogen-bond donors (Lipinski definition) is 1. The molecule has 7 rings (SSSR count). The highest BCUT2D eigenvalue weighted by Gasteiger charge is 2.49. The summed E-state index contributed by atoms with van der Waals surface area (Å²) in [7, 11) is 0. The van der Waals surface area contributed by atoms with Gasteiger partial charge in [0.15, 0.2) is 5.82 Å². The van der Waals surface area contributed by atoms with E-state index in [2.05, 4.69) is 25.0 Å². The summed E-state index contributed by atoms with van der Waals surface area (Å²) in [5.41, 5.74) is -2.37. The Morgan fingerprint density at radius 1 is 1.05 bits per heavy atom. The molecule has 17 heteroatoms. The summed E-state index contributed by atoms with van der Waals surface area (Å²) < 4.78 is 64.7. The van der Waals surface area contributed by atoms with E-state index in [1.165, 1.54) is 12.3 Å². The topological polar surface area (TPSA) is 127 Å². The molecule has 57 heavy (non-hydrogen) atoms. The number of piperazine rings is 1. The van der Waals surface area contributed by atoms with Crippen molar-refractivity contribution in [1.29, 1.82) is 0 Å². The molecule has 0 unspecified atom stereocenters. The predicted molar refractivity (Wildman–Crippen MR) is 212 cm³/mol. The molecule has 6 heterocycles. The van der Waals surface area contributed by atoms with Crippen LogP contribution in [-0.4, -0.2) is 105 Å². The van der Waals surface area contributed by atoms with Gasteiger partial charge in [-0.1, -0.05) is 6.07 Å². The molecule has 0 spiro atoms. The monoisotopic (exact) mass is 808 g/mol. The van der Waals surface area contributed by atoms with Crippen molar-refractivity contribution in [2.75, 3.05) is 43.0 Å². The third-order valence-electron chi connectivity index (χ3n) is 10.5. The van der Waals surface area contributed by atoms with Gasteiger partial charge in [0.25, 0.3) is 0 Å². The average Bonchev–Trinajstić information content (AvgIpc) is 3.77. The van der Waals surface area contributed by atoms with Gasteiger partial charge in [-0.25, -0.2) is 27.6 Å². The Balaban J connectivity index is 1.32. The van der Waals surface area contributed by atoms with Gasteiger partial charge in [0.05, 0.1) is 22.2 Å². The van der Waals surface area contributed by atoms with E-state index in [1.54, 1.807) is 46.4 Å². The smallest absolute Gasteiger partial charge is 0.411 e. The zero-order valence-electron chi connectivity index (χ0n) is 33.3. The normalized spacial score (nSPS) is 22.8. The zero-order chi connectivity index (χ0) is 41.2. The maximum absolute atomic E-state index is 17.2. The van der Waals surface area contributed by atoms with E-state index >= 15 is 8.78 Å². The Labute approximate surface area is 333 Å². The van der Waals surface area contributed by atoms with E-state index in [1.807, 2.05) is 18.7 Å². The number of rotatable bonds is 6. The number of anilines is 2. The van der Waals surface area contributed by atoms with Crippen molar-refractivity contribution in [3.05, 3.63) is 41.4 Å². The molecule has 2 amide bonds. The van der Waals surface area contributed by atoms with E-state index in [0.717, 1.165) is 36.8 Å². The highest BCUT2D eigenvalue weighted by atomic mass is 32.1. The number of aromatic nitrogens is 3. The number of thiophene rings is 1. The number of ether oxygens (including phenoxy) is 3. The molecule has 0 saturated carbocycles. The van der Waals surface area contributed by atoms with Crippen LogP contribution in [0.5, 0.6) is 6.01 Å². The molecule has 1 aromatic carbocycles. The van der Waals surface area contributed by atoms with E-state index < -0.39 is 46.7 Å². The summed E-state index contributed by atoms with van der Waals surface area (Å²) in [4.78, 5) is 49.1. The van der Waals surface area contributed by atoms with Gasteiger partial charge in [-0.2, -0.15) is 9.97 Å². The third kappa shape index (κ3) is 7.85. The molecule has 3 aliphatic rings. The van der Waals surface area contributed by atoms with Crippen LogP contribution in [0.25, 0.3) is 37.1 Å². The molecule has 3 fully saturated rings. The number of fused-ring (bicyclic) bond motifs is 3. The van der Waals surface area contributed by atoms with Crippen molar-refractivity contribution in [2.45, 2.75) is 110 Å². The molecule has 3 saturated heterocycles. The minimum absolute atomic E-state index is 0.0204. The zero-order valence-corrected chi connectivity index (χ0v) is 34.2. The minimum atomic E-state index is -0.985. The molecule has 13 nitrogen and oxygen atoms in total. The lowest BCUT2D eigenvalue weighted by Crippen LogP contribution is -2.59. The van der Waals surface area contributed by atoms with Crippen LogP contribution in [0.4, 0.5) is 39.3 Å². The summed E-state index contributed by atoms with van der Waals surface area (Å²) in [6, 6.07) is 1.75. The Hall–Kier alpha value is -4.95. The number of nitrogens with one attached hydrogen (secondary N) is 1. The first-order valence-electron chi connectivity index (χ1n) is 19.0. The van der Waals surface area contributed by atoms with Crippen molar-refractivity contribution in [1.82, 2.24) is 24.8 Å². The van der Waals surface area contributed by atoms with Gasteiger partial charge in [0.2, 0.25) is 5.69 Å². The largest absolute Gasteiger partial charge is 0.461 e. The van der Waals surface area contributed by atoms with Crippen molar-refractivity contribution in [3.8, 4) is 17.3 Å². The maximum atomic E-state index is 17.2. The van der Waals surface area contributed by atoms with Gasteiger partial charge in [-0.3, -0.25) is 15.2 Å². The second-order valence-corrected chi connectivity index (χ2v) is 18.2. The molecule has 1 N–H and O–H groups in total. The van der Waals surface area contributed by atoms with Crippen molar-refractivity contribution < 1.29 is 37.0 Å². The van der Waals surface area contributed by atoms with Crippen molar-refractivity contribution >= 4 is 61.0 Å². The molecule has 4 atom stereocenters. The Morgan fingerprint density at radius 2 is 1.79 bits per heavy atom. The lowest BCUT2D eigenvalue weighted by molar-refractivity contribution is 0.0129. The SMILES string of the molecule is [C-]#[N+]c1c(NC(=O)OC(C)(C)C)sc2c(F)ccc(-c3ncc4c(N5C[C@@H](C)N(C(=O)OC(C)(C)C)C[C@@H]5C)nc(OC[C@@]56CCCN5C[C@H](F)C6)nc4c3F)c12. The first kappa shape index (κ1) is 40.3. The van der Waals surface area contributed by atoms with Crippen molar-refractivity contribution in [2.24, 2.45) is 0 Å². The van der Waals surface area contributed by atoms with E-state index in [-0.39, 0.29) is 74.2 Å². The Bertz CT molecular complexity index is 2290. The number of alkyl halides is 1. The second-order valence-electron chi connectivity index (χ2n) is 17.2. The molecule has 0 aliphatic carbocycles. The van der Waals surface area contributed by atoms with Crippen LogP contribution in [0, 0.1) is 18.2 Å². The fourth-order valence-electron chi connectivity index (χ4n) is 8.08. The second kappa shape index (κ2) is 14.8. The molecule has 4 aromatic rings. The summed E-state index contributed by atoms with van der Waals surface area (Å²) in [6.45, 7) is 24.1. The summed E-state index contributed by atoms with van der Waals surface area (Å²) in [6.07, 6.45) is 1.13. The molecule has 0 bridgehead atoms. The summed E-state index contributed by atoms with van der Waals surface area (Å²) in [5.74, 6) is -1.20. The van der Waals surface area contributed by atoms with Crippen LogP contribution < -0.4 is 15.0 Å². The molecule has 0 radical (unpaired) electrons. The molecule has 304 valence electrons. The van der Waals surface area contributed by atoms with Crippen LogP contribution >= 0.6 is 11.3 Å². The molecular weight excluding hydrogens is 762 g/mol. The lowest BCUT2D eigenvalue weighted by Gasteiger charge is -2.44. The van der Waals surface area contributed by atoms with E-state index in [0.29, 0.717) is 25.3 Å². The van der Waals surface area contributed by atoms with E-state index in [4.69, 9.17) is 25.8 Å². The summed E-state index contributed by atoms with van der Waals surface area (Å²) in [5, 5.41) is 2.93. The predicted octanol–water partition coefficient (Wildman–Crippen LogP) is 8.87. The molecular formula is C40H47F3N8O5S. The van der Waals surface area contributed by atoms with Gasteiger partial charge >= 0.3 is 18.2 Å². The van der Waals surface area contributed by atoms with Crippen LogP contribution in [-0.2, 0) is 9.47 Å². The number of carbonyl (C=O) groups is 2. The average molecular weight is 809 g/mol. The van der Waals surface area contributed by atoms with Gasteiger partial charge in [0.1, 0.15) is 51.8 Å². The maximum Gasteiger partial charge on any atom is 0.411 e. The first-order chi connectivity index (χ1) is 26.8. The van der Waals surface area contributed by atoms with Crippen LogP contribution in [0.3, 0.4) is 0 Å². The lowest BCUT2D eigenvalue weighted by atomic mass is 9.95. The quantitative estimate of drug-likeness (QED) is 0.189. The summed E-state index contributed by atoms with van der Waals surface area (Å²) >= 11 is 0.832. The number of amides is 2. The number of nitrogens with zero attached hydrogens (tertiary/aromatic N) is 7. The number of hydrogen-bond acceptors (Lipinski definition) is 11. The van der Waals surface area contributed by atoms with Crippen LogP contribution in [0.15, 0.2) is 18.3 Å². The third-order valence-corrected chi connectivity index (χ3v) is 11.6. The Kier molecular flexibility index (Phi) is 10.4. The first-order valence-corrected chi connectivity index (χ1v) is 19.9. The van der Waals surface area contributed by atoms with E-state index in [9.17, 15) is 14.0 Å². The molecule has 3 aromatic heterocycles. The minimum Gasteiger partial charge on any atom is -0.461 e. The Morgan fingerprint density at radius 3 is 2.49 bits per heavy atom. The van der Waals surface area contributed by atoms with Gasteiger partial charge in [0, 0.05) is 55.3 Å². The fraction of sp³-hybridized carbons (Fsp3) is 0.550. The number of halogens is 3. The fourth-order valence-corrected chi connectivity index (χ4v) is 9.14. The number of benzene rings is 1. The van der Waals surface area contributed by atoms with Gasteiger partial charge in [-0.05, 0) is 80.8 Å². The van der Waals surface area contributed by atoms with Crippen molar-refractivity contribution in [3.63, 3.8) is 0 Å². The van der Waals surface area contributed by atoms with Crippen LogP contribution in [0.1, 0.15) is 74.7 Å². The van der Waals surface area contributed by atoms with Crippen LogP contribution in [0.2, 0.25) is 0 Å². The standard InChI is InChI=1S/C40H47F3N8O5S/c1-21-18-51(37(53)56-39(6,7)8)22(2)17-50(21)33-25-16-45-29(28(43)30(25)46-35(47-33)54-20-40-13-10-14-49(40)19-23(41)15-40)24-11-12-26(42)32-27(24)31(44-9)34(57-32)48-36(52)55-38(3,4)5/h11-12,16,21-23H,10,13-15,17-20H2,1-8H3,(H,48,52)/t21-,22+,23+,40-/m0/s1. The highest BCUT2D eigenvalue weighted by Crippen LogP contribution is 2.49. The van der Waals surface area contributed by atoms with Gasteiger partial charge in [-0.15, -0.1) is 11.3 Å². The highest BCUT2D eigenvalue weighted by molar-refractivity contribution is 7.24. The number of pyridine rings is 1. The van der Waals surface area contributed by atoms with Gasteiger partial charge < -0.3 is 24.0 Å². The molecule has 3 aliphatic heterocycles.